The van der Waals surface area contributed by atoms with Gasteiger partial charge in [0, 0.05) is 9.82 Å². The lowest BCUT2D eigenvalue weighted by Crippen LogP contribution is -2.33. The molecule has 0 amide bonds. The lowest BCUT2D eigenvalue weighted by Gasteiger charge is -2.17. The number of azide groups is 2. The van der Waals surface area contributed by atoms with Gasteiger partial charge in [0.15, 0.2) is 47.4 Å². The number of aromatic amines is 2. The number of aliphatic hydroxyl groups excluding tert-OH is 5. The third-order valence-corrected chi connectivity index (χ3v) is 7.48. The van der Waals surface area contributed by atoms with E-state index < -0.39 is 86.9 Å². The summed E-state index contributed by atoms with van der Waals surface area (Å²) in [5, 5.41) is 56.0. The van der Waals surface area contributed by atoms with Crippen LogP contribution in [0.25, 0.3) is 43.2 Å². The van der Waals surface area contributed by atoms with Crippen molar-refractivity contribution in [2.45, 2.75) is 49.3 Å². The van der Waals surface area contributed by atoms with Crippen LogP contribution in [0, 0.1) is 0 Å². The van der Waals surface area contributed by atoms with Crippen molar-refractivity contribution in [2.75, 3.05) is 24.4 Å². The van der Waals surface area contributed by atoms with Gasteiger partial charge in [0.1, 0.15) is 30.5 Å². The molecule has 2 aliphatic rings. The highest BCUT2D eigenvalue weighted by molar-refractivity contribution is 7.51. The molecule has 268 valence electrons. The minimum Gasteiger partial charge on any atom is -0.394 e. The Morgan fingerprint density at radius 2 is 1.28 bits per heavy atom. The Hall–Kier alpha value is -5.25. The molecule has 4 aromatic heterocycles. The van der Waals surface area contributed by atoms with Gasteiger partial charge in [0.05, 0.1) is 6.61 Å². The molecule has 2 fully saturated rings. The summed E-state index contributed by atoms with van der Waals surface area (Å²) in [6.07, 6.45) is -12.9. The van der Waals surface area contributed by atoms with Crippen LogP contribution in [0.3, 0.4) is 0 Å². The molecule has 29 nitrogen and oxygen atoms in total. The summed E-state index contributed by atoms with van der Waals surface area (Å²) in [5.41, 5.74) is 26.1. The molecule has 2 unspecified atom stereocenters. The van der Waals surface area contributed by atoms with Crippen molar-refractivity contribution in [1.82, 2.24) is 39.0 Å². The first kappa shape index (κ1) is 36.0. The highest BCUT2D eigenvalue weighted by Crippen LogP contribution is 2.39. The van der Waals surface area contributed by atoms with Crippen LogP contribution in [-0.4, -0.2) is 124 Å². The number of nitrogens with zero attached hydrogens (tertiary/aromatic N) is 12. The van der Waals surface area contributed by atoms with Crippen LogP contribution in [0.5, 0.6) is 0 Å². The van der Waals surface area contributed by atoms with E-state index in [2.05, 4.69) is 50.0 Å². The van der Waals surface area contributed by atoms with E-state index in [-0.39, 0.29) is 40.2 Å². The Balaban J connectivity index is 0.000000197. The third kappa shape index (κ3) is 6.79. The predicted octanol–water partition coefficient (Wildman–Crippen LogP) is -3.37. The van der Waals surface area contributed by atoms with Crippen LogP contribution in [0.2, 0.25) is 0 Å². The van der Waals surface area contributed by atoms with Gasteiger partial charge < -0.3 is 61.0 Å². The minimum absolute atomic E-state index is 0.0940. The normalized spacial score (nSPS) is 26.4. The van der Waals surface area contributed by atoms with Gasteiger partial charge in [0.25, 0.3) is 11.1 Å². The van der Waals surface area contributed by atoms with Gasteiger partial charge in [-0.25, -0.2) is 9.97 Å². The lowest BCUT2D eigenvalue weighted by atomic mass is 10.1. The second kappa shape index (κ2) is 13.9. The van der Waals surface area contributed by atoms with E-state index in [1.54, 1.807) is 0 Å². The zero-order valence-corrected chi connectivity index (χ0v) is 25.5. The molecule has 6 rings (SSSR count). The maximum absolute atomic E-state index is 12.0. The number of aliphatic hydroxyl groups is 5. The van der Waals surface area contributed by atoms with Crippen LogP contribution >= 0.6 is 7.60 Å². The topological polar surface area (TPSA) is 463 Å². The first-order valence-corrected chi connectivity index (χ1v) is 15.4. The first-order valence-electron chi connectivity index (χ1n) is 13.6. The van der Waals surface area contributed by atoms with Crippen LogP contribution in [0.15, 0.2) is 19.8 Å². The summed E-state index contributed by atoms with van der Waals surface area (Å²) in [5.74, 6) is -1.25. The molecular weight excluding hydrogens is 703 g/mol. The molecule has 0 bridgehead atoms. The summed E-state index contributed by atoms with van der Waals surface area (Å²) in [6.45, 7) is -0.547. The number of H-pyrrole nitrogens is 2. The van der Waals surface area contributed by atoms with Crippen LogP contribution < -0.4 is 22.6 Å². The van der Waals surface area contributed by atoms with Crippen LogP contribution in [0.4, 0.5) is 23.8 Å². The fraction of sp³-hybridized carbons (Fsp3) is 0.500. The highest BCUT2D eigenvalue weighted by Gasteiger charge is 2.47. The van der Waals surface area contributed by atoms with E-state index in [1.807, 2.05) is 0 Å². The zero-order valence-electron chi connectivity index (χ0n) is 24.6. The van der Waals surface area contributed by atoms with E-state index in [4.69, 9.17) is 51.6 Å². The van der Waals surface area contributed by atoms with Crippen molar-refractivity contribution in [3.8, 4) is 0 Å². The second-order valence-corrected chi connectivity index (χ2v) is 11.8. The fourth-order valence-electron chi connectivity index (χ4n) is 4.91. The van der Waals surface area contributed by atoms with E-state index in [9.17, 15) is 34.6 Å². The number of rotatable bonds is 8. The van der Waals surface area contributed by atoms with Crippen molar-refractivity contribution in [3.05, 3.63) is 41.6 Å². The number of ether oxygens (including phenoxy) is 3. The van der Waals surface area contributed by atoms with Gasteiger partial charge in [-0.05, 0) is 21.3 Å². The Bertz CT molecular complexity index is 2190. The largest absolute Gasteiger partial charge is 0.394 e. The smallest absolute Gasteiger partial charge is 0.351 e. The SMILES string of the molecule is [N-]=[N+]=Nc1nc2c(=O)[nH]c(N)nc2n1[C@@H]1O[C@H](CO)C(O)[C@@H]1O.[N-]=[N+]=Nc1nc2c(=O)[nH]c(N)nc2n1[C@@H]1O[C@H](OCP(=O)(O)O)C(O)[C@@H]1O. The van der Waals surface area contributed by atoms with E-state index in [0.29, 0.717) is 0 Å². The maximum Gasteiger partial charge on any atom is 0.351 e. The zero-order chi connectivity index (χ0) is 36.7. The molecule has 13 N–H and O–H groups in total. The molecule has 8 atom stereocenters. The fourth-order valence-corrected chi connectivity index (χ4v) is 5.25. The predicted molar refractivity (Wildman–Crippen MR) is 160 cm³/mol. The van der Waals surface area contributed by atoms with Crippen molar-refractivity contribution in [1.29, 1.82) is 0 Å². The minimum atomic E-state index is -4.57. The van der Waals surface area contributed by atoms with Crippen molar-refractivity contribution in [3.63, 3.8) is 0 Å². The summed E-state index contributed by atoms with van der Waals surface area (Å²) in [4.78, 5) is 66.5. The van der Waals surface area contributed by atoms with Gasteiger partial charge in [-0.3, -0.25) is 33.3 Å². The van der Waals surface area contributed by atoms with Gasteiger partial charge in [-0.2, -0.15) is 9.97 Å². The van der Waals surface area contributed by atoms with Gasteiger partial charge >= 0.3 is 7.60 Å². The molecule has 2 saturated heterocycles. The molecule has 50 heavy (non-hydrogen) atoms. The quantitative estimate of drug-likeness (QED) is 0.0365. The molecule has 0 saturated carbocycles. The van der Waals surface area contributed by atoms with Crippen molar-refractivity contribution in [2.24, 2.45) is 10.2 Å². The number of hydrogen-bond acceptors (Lipinski definition) is 19. The van der Waals surface area contributed by atoms with E-state index >= 15 is 0 Å². The molecule has 0 aromatic carbocycles. The van der Waals surface area contributed by atoms with Gasteiger partial charge in [-0.1, -0.05) is 0 Å². The van der Waals surface area contributed by atoms with Gasteiger partial charge in [0.2, 0.25) is 23.8 Å². The molecule has 0 radical (unpaired) electrons. The monoisotopic (exact) mass is 728 g/mol. The molecular formula is C20H25N16O13P. The summed E-state index contributed by atoms with van der Waals surface area (Å²) in [6, 6.07) is 0. The van der Waals surface area contributed by atoms with Crippen LogP contribution in [-0.2, 0) is 18.8 Å². The standard InChI is InChI=1S/C10H13N8O8P.C10H12N8O5/c11-9-14-5-2(6(21)15-9)13-10(16-17-12)18(5)7-3(19)4(20)8(26-7)25-1-27(22,23)24;11-9-14-6-3(7(22)15-9)13-10(16-17-12)18(6)8-5(21)4(20)2(1-19)23-8/h3-4,7-8,19-20H,1H2,(H2,22,23,24)(H3,11,14,15,21);2,4-5,8,19-21H,1H2,(H3,11,14,15,22)/t3-,4?,7+,8-;2-,4?,5+,8-/m01/s1. The number of aromatic nitrogens is 8. The molecule has 6 heterocycles. The third-order valence-electron chi connectivity index (χ3n) is 7.00. The van der Waals surface area contributed by atoms with Crippen molar-refractivity contribution >= 4 is 53.7 Å². The molecule has 0 aliphatic carbocycles. The number of anilines is 2. The average molecular weight is 728 g/mol. The van der Waals surface area contributed by atoms with E-state index in [0.717, 1.165) is 9.13 Å². The maximum atomic E-state index is 12.0. The molecule has 30 heteroatoms. The van der Waals surface area contributed by atoms with Gasteiger partial charge in [-0.15, -0.1) is 0 Å². The molecule has 0 spiro atoms. The lowest BCUT2D eigenvalue weighted by molar-refractivity contribution is -0.167. The summed E-state index contributed by atoms with van der Waals surface area (Å²) >= 11 is 0. The highest BCUT2D eigenvalue weighted by atomic mass is 31.2. The Labute approximate surface area is 272 Å². The Morgan fingerprint density at radius 3 is 1.70 bits per heavy atom. The molecule has 2 aliphatic heterocycles. The summed E-state index contributed by atoms with van der Waals surface area (Å²) < 4.78 is 28.3. The number of imidazole rings is 2. The Kier molecular flexibility index (Phi) is 10.0. The number of nitrogen functional groups attached to an aromatic ring is 2. The van der Waals surface area contributed by atoms with Crippen LogP contribution in [0.1, 0.15) is 12.5 Å². The number of nitrogens with one attached hydrogen (secondary N) is 2. The second-order valence-electron chi connectivity index (χ2n) is 10.3. The summed E-state index contributed by atoms with van der Waals surface area (Å²) in [7, 11) is -4.57. The first-order chi connectivity index (χ1) is 23.6. The average Bonchev–Trinajstić information content (AvgIpc) is 3.74. The Morgan fingerprint density at radius 1 is 0.820 bits per heavy atom. The number of hydrogen-bond donors (Lipinski definition) is 11. The molecule has 4 aromatic rings. The number of fused-ring (bicyclic) bond motifs is 2. The van der Waals surface area contributed by atoms with E-state index in [1.165, 1.54) is 0 Å². The number of nitrogens with two attached hydrogens (primary N) is 2. The van der Waals surface area contributed by atoms with Crippen molar-refractivity contribution < 1.29 is 54.1 Å².